The number of aromatic nitrogens is 1. The van der Waals surface area contributed by atoms with Crippen LogP contribution in [-0.4, -0.2) is 28.5 Å². The van der Waals surface area contributed by atoms with Gasteiger partial charge in [0.1, 0.15) is 0 Å². The molecule has 0 atom stereocenters. The molecule has 0 radical (unpaired) electrons. The van der Waals surface area contributed by atoms with Crippen LogP contribution in [0.25, 0.3) is 0 Å². The zero-order chi connectivity index (χ0) is 15.2. The number of amides is 1. The fourth-order valence-corrected chi connectivity index (χ4v) is 2.47. The van der Waals surface area contributed by atoms with Crippen molar-refractivity contribution >= 4 is 23.2 Å². The van der Waals surface area contributed by atoms with Gasteiger partial charge in [-0.25, -0.2) is 9.78 Å². The molecule has 2 aromatic rings. The van der Waals surface area contributed by atoms with Crippen molar-refractivity contribution in [3.63, 3.8) is 0 Å². The van der Waals surface area contributed by atoms with Gasteiger partial charge in [0.25, 0.3) is 5.91 Å². The van der Waals surface area contributed by atoms with Crippen LogP contribution in [-0.2, 0) is 13.0 Å². The standard InChI is InChI=1S/C14H15N3O3S/c15-7-9-1-3-10(4-2-9)13(18)16-6-5-12-17-11(8-21-12)14(19)20/h1-4,8H,5-7,15H2,(H,16,18)(H,19,20). The molecule has 0 saturated carbocycles. The highest BCUT2D eigenvalue weighted by molar-refractivity contribution is 7.09. The molecular formula is C14H15N3O3S. The number of thiazole rings is 1. The van der Waals surface area contributed by atoms with E-state index in [0.717, 1.165) is 5.56 Å². The number of hydrogen-bond donors (Lipinski definition) is 3. The number of nitrogens with two attached hydrogens (primary N) is 1. The van der Waals surface area contributed by atoms with E-state index in [4.69, 9.17) is 10.8 Å². The van der Waals surface area contributed by atoms with E-state index in [2.05, 4.69) is 10.3 Å². The summed E-state index contributed by atoms with van der Waals surface area (Å²) >= 11 is 1.27. The molecule has 6 nitrogen and oxygen atoms in total. The number of benzene rings is 1. The van der Waals surface area contributed by atoms with Crippen molar-refractivity contribution in [3.8, 4) is 0 Å². The highest BCUT2D eigenvalue weighted by Crippen LogP contribution is 2.10. The van der Waals surface area contributed by atoms with Gasteiger partial charge >= 0.3 is 5.97 Å². The highest BCUT2D eigenvalue weighted by Gasteiger charge is 2.09. The smallest absolute Gasteiger partial charge is 0.355 e. The zero-order valence-corrected chi connectivity index (χ0v) is 12.0. The molecule has 7 heteroatoms. The van der Waals surface area contributed by atoms with E-state index in [1.54, 1.807) is 12.1 Å². The third kappa shape index (κ3) is 4.11. The van der Waals surface area contributed by atoms with Crippen LogP contribution >= 0.6 is 11.3 Å². The van der Waals surface area contributed by atoms with Gasteiger partial charge in [-0.3, -0.25) is 4.79 Å². The molecule has 0 aliphatic heterocycles. The number of rotatable bonds is 6. The van der Waals surface area contributed by atoms with Crippen molar-refractivity contribution in [3.05, 3.63) is 51.5 Å². The number of carboxylic acid groups (broad SMARTS) is 1. The lowest BCUT2D eigenvalue weighted by atomic mass is 10.1. The predicted octanol–water partition coefficient (Wildman–Crippen LogP) is 1.27. The average molecular weight is 305 g/mol. The molecule has 0 fully saturated rings. The minimum Gasteiger partial charge on any atom is -0.476 e. The van der Waals surface area contributed by atoms with Crippen LogP contribution in [0.1, 0.15) is 31.4 Å². The summed E-state index contributed by atoms with van der Waals surface area (Å²) in [5.74, 6) is -1.21. The number of nitrogens with zero attached hydrogens (tertiary/aromatic N) is 1. The summed E-state index contributed by atoms with van der Waals surface area (Å²) in [5, 5.41) is 13.7. The maximum Gasteiger partial charge on any atom is 0.355 e. The van der Waals surface area contributed by atoms with Crippen LogP contribution in [0, 0.1) is 0 Å². The number of carboxylic acids is 1. The number of hydrogen-bond acceptors (Lipinski definition) is 5. The maximum atomic E-state index is 11.9. The lowest BCUT2D eigenvalue weighted by Crippen LogP contribution is -2.25. The lowest BCUT2D eigenvalue weighted by Gasteiger charge is -2.04. The molecule has 0 aliphatic carbocycles. The van der Waals surface area contributed by atoms with Gasteiger partial charge < -0.3 is 16.2 Å². The average Bonchev–Trinajstić information content (AvgIpc) is 2.96. The fourth-order valence-electron chi connectivity index (χ4n) is 1.70. The first-order valence-corrected chi connectivity index (χ1v) is 7.23. The molecule has 0 aliphatic rings. The summed E-state index contributed by atoms with van der Waals surface area (Å²) in [4.78, 5) is 26.5. The van der Waals surface area contributed by atoms with Gasteiger partial charge in [-0.05, 0) is 17.7 Å². The molecule has 21 heavy (non-hydrogen) atoms. The molecule has 1 amide bonds. The van der Waals surface area contributed by atoms with Crippen LogP contribution in [0.2, 0.25) is 0 Å². The number of carbonyl (C=O) groups is 2. The van der Waals surface area contributed by atoms with E-state index in [-0.39, 0.29) is 11.6 Å². The van der Waals surface area contributed by atoms with E-state index >= 15 is 0 Å². The van der Waals surface area contributed by atoms with Crippen molar-refractivity contribution in [2.24, 2.45) is 5.73 Å². The number of aromatic carboxylic acids is 1. The van der Waals surface area contributed by atoms with Crippen LogP contribution in [0.5, 0.6) is 0 Å². The summed E-state index contributed by atoms with van der Waals surface area (Å²) in [6.07, 6.45) is 0.505. The minimum absolute atomic E-state index is 0.0405. The van der Waals surface area contributed by atoms with Gasteiger partial charge in [-0.2, -0.15) is 0 Å². The van der Waals surface area contributed by atoms with Gasteiger partial charge in [0, 0.05) is 30.5 Å². The second kappa shape index (κ2) is 6.96. The Hall–Kier alpha value is -2.25. The summed E-state index contributed by atoms with van der Waals surface area (Å²) < 4.78 is 0. The third-order valence-corrected chi connectivity index (χ3v) is 3.76. The monoisotopic (exact) mass is 305 g/mol. The Morgan fingerprint density at radius 3 is 2.57 bits per heavy atom. The topological polar surface area (TPSA) is 105 Å². The van der Waals surface area contributed by atoms with Crippen LogP contribution in [0.3, 0.4) is 0 Å². The fraction of sp³-hybridized carbons (Fsp3) is 0.214. The van der Waals surface area contributed by atoms with Crippen molar-refractivity contribution < 1.29 is 14.7 Å². The first-order valence-electron chi connectivity index (χ1n) is 6.35. The zero-order valence-electron chi connectivity index (χ0n) is 11.2. The van der Waals surface area contributed by atoms with Gasteiger partial charge in [-0.15, -0.1) is 11.3 Å². The Labute approximate surface area is 125 Å². The van der Waals surface area contributed by atoms with E-state index < -0.39 is 5.97 Å². The molecular weight excluding hydrogens is 290 g/mol. The molecule has 110 valence electrons. The molecule has 1 aromatic heterocycles. The SMILES string of the molecule is NCc1ccc(C(=O)NCCc2nc(C(=O)O)cs2)cc1. The molecule has 4 N–H and O–H groups in total. The molecule has 1 heterocycles. The van der Waals surface area contributed by atoms with E-state index in [0.29, 0.717) is 30.1 Å². The molecule has 0 saturated heterocycles. The second-order valence-corrected chi connectivity index (χ2v) is 5.28. The largest absolute Gasteiger partial charge is 0.476 e. The second-order valence-electron chi connectivity index (χ2n) is 4.34. The van der Waals surface area contributed by atoms with Crippen molar-refractivity contribution in [1.82, 2.24) is 10.3 Å². The van der Waals surface area contributed by atoms with E-state index in [1.807, 2.05) is 12.1 Å². The molecule has 1 aromatic carbocycles. The third-order valence-electron chi connectivity index (χ3n) is 2.85. The first-order chi connectivity index (χ1) is 10.1. The number of nitrogens with one attached hydrogen (secondary N) is 1. The molecule has 0 unspecified atom stereocenters. The van der Waals surface area contributed by atoms with Crippen LogP contribution < -0.4 is 11.1 Å². The lowest BCUT2D eigenvalue weighted by molar-refractivity contribution is 0.0690. The maximum absolute atomic E-state index is 11.9. The van der Waals surface area contributed by atoms with E-state index in [9.17, 15) is 9.59 Å². The van der Waals surface area contributed by atoms with Crippen molar-refractivity contribution in [1.29, 1.82) is 0 Å². The molecule has 0 spiro atoms. The van der Waals surface area contributed by atoms with Gasteiger partial charge in [0.15, 0.2) is 5.69 Å². The first kappa shape index (κ1) is 15.1. The van der Waals surface area contributed by atoms with E-state index in [1.165, 1.54) is 16.7 Å². The summed E-state index contributed by atoms with van der Waals surface area (Å²) in [7, 11) is 0. The van der Waals surface area contributed by atoms with Crippen LogP contribution in [0.15, 0.2) is 29.6 Å². The van der Waals surface area contributed by atoms with Gasteiger partial charge in [0.05, 0.1) is 5.01 Å². The Morgan fingerprint density at radius 1 is 1.29 bits per heavy atom. The normalized spacial score (nSPS) is 10.3. The molecule has 2 rings (SSSR count). The minimum atomic E-state index is -1.04. The summed E-state index contributed by atoms with van der Waals surface area (Å²) in [5.41, 5.74) is 7.07. The Balaban J connectivity index is 1.84. The Bertz CT molecular complexity index is 637. The highest BCUT2D eigenvalue weighted by atomic mass is 32.1. The Kier molecular flexibility index (Phi) is 5.02. The predicted molar refractivity (Wildman–Crippen MR) is 79.4 cm³/mol. The summed E-state index contributed by atoms with van der Waals surface area (Å²) in [6.45, 7) is 0.849. The summed E-state index contributed by atoms with van der Waals surface area (Å²) in [6, 6.07) is 7.08. The van der Waals surface area contributed by atoms with Crippen molar-refractivity contribution in [2.45, 2.75) is 13.0 Å². The van der Waals surface area contributed by atoms with Gasteiger partial charge in [0.2, 0.25) is 0 Å². The van der Waals surface area contributed by atoms with Crippen molar-refractivity contribution in [2.75, 3.05) is 6.54 Å². The van der Waals surface area contributed by atoms with Crippen LogP contribution in [0.4, 0.5) is 0 Å². The Morgan fingerprint density at radius 2 is 2.00 bits per heavy atom. The molecule has 0 bridgehead atoms. The quantitative estimate of drug-likeness (QED) is 0.745. The van der Waals surface area contributed by atoms with Gasteiger partial charge in [-0.1, -0.05) is 12.1 Å². The number of carbonyl (C=O) groups excluding carboxylic acids is 1.